The van der Waals surface area contributed by atoms with Crippen LogP contribution in [0.15, 0.2) is 40.5 Å². The average Bonchev–Trinajstić information content (AvgIpc) is 2.93. The lowest BCUT2D eigenvalue weighted by Crippen LogP contribution is -2.21. The summed E-state index contributed by atoms with van der Waals surface area (Å²) in [4.78, 5) is 15.6. The monoisotopic (exact) mass is 332 g/mol. The maximum atomic E-state index is 12.5. The van der Waals surface area contributed by atoms with Gasteiger partial charge in [0.05, 0.1) is 18.2 Å². The summed E-state index contributed by atoms with van der Waals surface area (Å²) in [7, 11) is 0. The number of nitrogens with one attached hydrogen (secondary N) is 1. The van der Waals surface area contributed by atoms with Gasteiger partial charge in [0.2, 0.25) is 0 Å². The van der Waals surface area contributed by atoms with Crippen molar-refractivity contribution in [2.45, 2.75) is 26.5 Å². The van der Waals surface area contributed by atoms with Crippen LogP contribution in [0, 0.1) is 4.77 Å². The van der Waals surface area contributed by atoms with Crippen molar-refractivity contribution in [2.75, 3.05) is 0 Å². The van der Waals surface area contributed by atoms with E-state index in [0.29, 0.717) is 16.0 Å². The third-order valence-corrected chi connectivity index (χ3v) is 4.45. The predicted octanol–water partition coefficient (Wildman–Crippen LogP) is 3.96. The van der Waals surface area contributed by atoms with Crippen LogP contribution >= 0.6 is 23.6 Å². The molecular weight excluding hydrogens is 316 g/mol. The molecule has 4 nitrogen and oxygen atoms in total. The Balaban J connectivity index is 1.93. The molecule has 0 saturated heterocycles. The Bertz CT molecular complexity index is 904. The van der Waals surface area contributed by atoms with Crippen LogP contribution in [0.4, 0.5) is 0 Å². The predicted molar refractivity (Wildman–Crippen MR) is 92.6 cm³/mol. The summed E-state index contributed by atoms with van der Waals surface area (Å²) < 4.78 is 8.36. The van der Waals surface area contributed by atoms with Crippen molar-refractivity contribution in [3.8, 4) is 5.75 Å². The summed E-state index contributed by atoms with van der Waals surface area (Å²) in [5.74, 6) is 0.824. The van der Waals surface area contributed by atoms with Crippen molar-refractivity contribution in [3.05, 3.63) is 56.4 Å². The third kappa shape index (κ3) is 2.98. The number of rotatable bonds is 4. The maximum absolute atomic E-state index is 12.5. The van der Waals surface area contributed by atoms with E-state index >= 15 is 0 Å². The molecule has 6 heteroatoms. The third-order valence-electron chi connectivity index (χ3n) is 3.23. The van der Waals surface area contributed by atoms with Gasteiger partial charge in [-0.2, -0.15) is 0 Å². The molecule has 0 aliphatic rings. The number of benzene rings is 1. The fourth-order valence-corrected chi connectivity index (χ4v) is 3.30. The molecule has 0 amide bonds. The zero-order chi connectivity index (χ0) is 15.7. The number of ether oxygens (including phenoxy) is 1. The lowest BCUT2D eigenvalue weighted by molar-refractivity contribution is 0.242. The van der Waals surface area contributed by atoms with Crippen LogP contribution in [0.3, 0.4) is 0 Å². The molecule has 22 heavy (non-hydrogen) atoms. The highest BCUT2D eigenvalue weighted by Crippen LogP contribution is 2.16. The van der Waals surface area contributed by atoms with Crippen LogP contribution < -0.4 is 10.3 Å². The van der Waals surface area contributed by atoms with Gasteiger partial charge in [0.15, 0.2) is 4.77 Å². The Labute approximate surface area is 137 Å². The van der Waals surface area contributed by atoms with E-state index in [1.54, 1.807) is 4.57 Å². The molecule has 0 bridgehead atoms. The molecule has 0 spiro atoms. The summed E-state index contributed by atoms with van der Waals surface area (Å²) in [6, 6.07) is 9.61. The first kappa shape index (κ1) is 15.0. The van der Waals surface area contributed by atoms with Gasteiger partial charge < -0.3 is 9.72 Å². The molecule has 3 aromatic rings. The molecule has 3 rings (SSSR count). The lowest BCUT2D eigenvalue weighted by Gasteiger charge is -2.11. The zero-order valence-corrected chi connectivity index (χ0v) is 14.0. The summed E-state index contributed by atoms with van der Waals surface area (Å²) >= 11 is 6.73. The van der Waals surface area contributed by atoms with E-state index in [1.807, 2.05) is 49.6 Å². The minimum atomic E-state index is -0.0451. The molecule has 1 N–H and O–H groups in total. The molecule has 0 fully saturated rings. The first-order chi connectivity index (χ1) is 10.5. The highest BCUT2D eigenvalue weighted by molar-refractivity contribution is 7.71. The van der Waals surface area contributed by atoms with Gasteiger partial charge in [0.1, 0.15) is 10.4 Å². The molecule has 0 atom stereocenters. The second-order valence-corrected chi connectivity index (χ2v) is 6.60. The number of H-pyrrole nitrogens is 1. The molecule has 2 aromatic heterocycles. The minimum absolute atomic E-state index is 0.0451. The van der Waals surface area contributed by atoms with Crippen LogP contribution in [-0.4, -0.2) is 15.7 Å². The van der Waals surface area contributed by atoms with E-state index in [0.717, 1.165) is 16.8 Å². The number of aromatic nitrogens is 2. The van der Waals surface area contributed by atoms with Crippen LogP contribution in [0.25, 0.3) is 10.2 Å². The van der Waals surface area contributed by atoms with E-state index in [2.05, 4.69) is 4.98 Å². The maximum Gasteiger partial charge on any atom is 0.272 e. The van der Waals surface area contributed by atoms with Crippen molar-refractivity contribution in [1.82, 2.24) is 9.55 Å². The topological polar surface area (TPSA) is 47.0 Å². The average molecular weight is 332 g/mol. The van der Waals surface area contributed by atoms with Gasteiger partial charge in [-0.25, -0.2) is 0 Å². The number of nitrogens with zero attached hydrogens (tertiary/aromatic N) is 1. The van der Waals surface area contributed by atoms with Crippen molar-refractivity contribution in [3.63, 3.8) is 0 Å². The van der Waals surface area contributed by atoms with E-state index in [1.165, 1.54) is 11.3 Å². The first-order valence-electron chi connectivity index (χ1n) is 7.00. The normalized spacial score (nSPS) is 11.2. The second kappa shape index (κ2) is 6.06. The number of hydrogen-bond donors (Lipinski definition) is 1. The van der Waals surface area contributed by atoms with Crippen LogP contribution in [-0.2, 0) is 6.54 Å². The molecule has 2 heterocycles. The number of hydrogen-bond acceptors (Lipinski definition) is 4. The van der Waals surface area contributed by atoms with Gasteiger partial charge in [0, 0.05) is 0 Å². The molecular formula is C16H16N2O2S2. The molecule has 0 aliphatic carbocycles. The number of thiophene rings is 1. The van der Waals surface area contributed by atoms with E-state index in [4.69, 9.17) is 17.0 Å². The highest BCUT2D eigenvalue weighted by atomic mass is 32.1. The Hall–Kier alpha value is -1.92. The van der Waals surface area contributed by atoms with E-state index in [-0.39, 0.29) is 11.7 Å². The van der Waals surface area contributed by atoms with Crippen LogP contribution in [0.1, 0.15) is 19.4 Å². The van der Waals surface area contributed by atoms with Crippen LogP contribution in [0.5, 0.6) is 5.75 Å². The zero-order valence-electron chi connectivity index (χ0n) is 12.3. The van der Waals surface area contributed by atoms with Crippen molar-refractivity contribution >= 4 is 33.8 Å². The number of fused-ring (bicyclic) bond motifs is 1. The van der Waals surface area contributed by atoms with Gasteiger partial charge in [-0.05, 0) is 55.2 Å². The van der Waals surface area contributed by atoms with Crippen molar-refractivity contribution in [1.29, 1.82) is 0 Å². The fourth-order valence-electron chi connectivity index (χ4n) is 2.24. The van der Waals surface area contributed by atoms with Gasteiger partial charge in [-0.1, -0.05) is 12.1 Å². The summed E-state index contributed by atoms with van der Waals surface area (Å²) in [5, 5.41) is 1.89. The summed E-state index contributed by atoms with van der Waals surface area (Å²) in [5.41, 5.74) is 1.77. The Morgan fingerprint density at radius 1 is 1.27 bits per heavy atom. The Morgan fingerprint density at radius 3 is 2.68 bits per heavy atom. The Kier molecular flexibility index (Phi) is 4.13. The molecule has 0 radical (unpaired) electrons. The van der Waals surface area contributed by atoms with Gasteiger partial charge >= 0.3 is 0 Å². The second-order valence-electron chi connectivity index (χ2n) is 5.30. The minimum Gasteiger partial charge on any atom is -0.491 e. The summed E-state index contributed by atoms with van der Waals surface area (Å²) in [6.07, 6.45) is 0.142. The Morgan fingerprint density at radius 2 is 2.00 bits per heavy atom. The smallest absolute Gasteiger partial charge is 0.272 e. The van der Waals surface area contributed by atoms with Gasteiger partial charge in [-0.15, -0.1) is 11.3 Å². The van der Waals surface area contributed by atoms with Gasteiger partial charge in [-0.3, -0.25) is 9.36 Å². The van der Waals surface area contributed by atoms with Crippen LogP contribution in [0.2, 0.25) is 0 Å². The largest absolute Gasteiger partial charge is 0.491 e. The summed E-state index contributed by atoms with van der Waals surface area (Å²) in [6.45, 7) is 4.43. The molecule has 114 valence electrons. The molecule has 0 unspecified atom stereocenters. The number of aromatic amines is 1. The van der Waals surface area contributed by atoms with Crippen molar-refractivity contribution < 1.29 is 4.74 Å². The first-order valence-corrected chi connectivity index (χ1v) is 8.29. The highest BCUT2D eigenvalue weighted by Gasteiger charge is 2.07. The molecule has 0 aliphatic heterocycles. The lowest BCUT2D eigenvalue weighted by atomic mass is 10.2. The fraction of sp³-hybridized carbons (Fsp3) is 0.250. The molecule has 1 aromatic carbocycles. The van der Waals surface area contributed by atoms with E-state index in [9.17, 15) is 4.79 Å². The van der Waals surface area contributed by atoms with E-state index < -0.39 is 0 Å². The van der Waals surface area contributed by atoms with Crippen molar-refractivity contribution in [2.24, 2.45) is 0 Å². The quantitative estimate of drug-likeness (QED) is 0.736. The molecule has 0 saturated carbocycles. The van der Waals surface area contributed by atoms with Gasteiger partial charge in [0.25, 0.3) is 5.56 Å². The standard InChI is InChI=1S/C16H16N2O2S2/c1-10(2)20-12-5-3-11(4-6-12)9-18-15(19)14-13(7-8-22-14)17-16(18)21/h3-8,10H,9H2,1-2H3,(H,17,21). The SMILES string of the molecule is CC(C)Oc1ccc(Cn2c(=S)[nH]c3ccsc3c2=O)cc1.